The Morgan fingerprint density at radius 1 is 1.52 bits per heavy atom. The minimum atomic E-state index is 0.00972. The van der Waals surface area contributed by atoms with Gasteiger partial charge in [-0.15, -0.1) is 0 Å². The monoisotopic (exact) mass is 316 g/mol. The van der Waals surface area contributed by atoms with Crippen LogP contribution in [0.4, 0.5) is 5.69 Å². The zero-order valence-electron chi connectivity index (χ0n) is 13.7. The van der Waals surface area contributed by atoms with Crippen molar-refractivity contribution in [3.63, 3.8) is 0 Å². The van der Waals surface area contributed by atoms with Crippen molar-refractivity contribution in [3.05, 3.63) is 18.0 Å². The topological polar surface area (TPSA) is 89.1 Å². The van der Waals surface area contributed by atoms with Crippen molar-refractivity contribution >= 4 is 22.6 Å². The number of amides is 1. The predicted molar refractivity (Wildman–Crippen MR) is 90.2 cm³/mol. The van der Waals surface area contributed by atoms with Crippen LogP contribution in [0.2, 0.25) is 0 Å². The average molecular weight is 316 g/mol. The van der Waals surface area contributed by atoms with Gasteiger partial charge in [-0.3, -0.25) is 9.48 Å². The standard InChI is InChI=1S/C16H24N6O/c1-11-14-13(5-7-18-15(14)21(2)20-11)22-9-3-4-12(10-22)16(23)19-8-6-17/h5,7,12H,3-4,6,8-10,17H2,1-2H3,(H,19,23). The molecule has 1 unspecified atom stereocenters. The van der Waals surface area contributed by atoms with Gasteiger partial charge in [0.15, 0.2) is 5.65 Å². The fraction of sp³-hybridized carbons (Fsp3) is 0.562. The van der Waals surface area contributed by atoms with E-state index in [9.17, 15) is 4.79 Å². The molecule has 0 radical (unpaired) electrons. The lowest BCUT2D eigenvalue weighted by Gasteiger charge is -2.34. The Hall–Kier alpha value is -2.15. The number of nitrogens with two attached hydrogens (primary N) is 1. The van der Waals surface area contributed by atoms with Crippen molar-refractivity contribution in [3.8, 4) is 0 Å². The summed E-state index contributed by atoms with van der Waals surface area (Å²) in [5, 5.41) is 8.46. The summed E-state index contributed by atoms with van der Waals surface area (Å²) >= 11 is 0. The summed E-state index contributed by atoms with van der Waals surface area (Å²) in [7, 11) is 1.91. The van der Waals surface area contributed by atoms with E-state index < -0.39 is 0 Å². The van der Waals surface area contributed by atoms with E-state index in [1.165, 1.54) is 0 Å². The zero-order valence-corrected chi connectivity index (χ0v) is 13.7. The minimum Gasteiger partial charge on any atom is -0.370 e. The Morgan fingerprint density at radius 3 is 3.13 bits per heavy atom. The number of carbonyl (C=O) groups is 1. The highest BCUT2D eigenvalue weighted by atomic mass is 16.1. The SMILES string of the molecule is Cc1nn(C)c2nccc(N3CCCC(C(=O)NCCN)C3)c12. The third-order valence-corrected chi connectivity index (χ3v) is 4.45. The van der Waals surface area contributed by atoms with Crippen LogP contribution in [0.1, 0.15) is 18.5 Å². The summed E-state index contributed by atoms with van der Waals surface area (Å²) in [5.74, 6) is 0.115. The Labute approximate surface area is 135 Å². The van der Waals surface area contributed by atoms with Crippen LogP contribution in [0, 0.1) is 12.8 Å². The molecular formula is C16H24N6O. The lowest BCUT2D eigenvalue weighted by atomic mass is 9.96. The van der Waals surface area contributed by atoms with Crippen molar-refractivity contribution in [2.24, 2.45) is 18.7 Å². The zero-order chi connectivity index (χ0) is 16.4. The van der Waals surface area contributed by atoms with Gasteiger partial charge in [-0.2, -0.15) is 5.10 Å². The number of carbonyl (C=O) groups excluding carboxylic acids is 1. The minimum absolute atomic E-state index is 0.00972. The highest BCUT2D eigenvalue weighted by Crippen LogP contribution is 2.31. The van der Waals surface area contributed by atoms with E-state index in [2.05, 4.69) is 20.3 Å². The largest absolute Gasteiger partial charge is 0.370 e. The number of hydrogen-bond acceptors (Lipinski definition) is 5. The van der Waals surface area contributed by atoms with Crippen LogP contribution in [0.5, 0.6) is 0 Å². The van der Waals surface area contributed by atoms with Crippen molar-refractivity contribution in [1.82, 2.24) is 20.1 Å². The molecule has 1 aliphatic rings. The maximum absolute atomic E-state index is 12.2. The van der Waals surface area contributed by atoms with Crippen LogP contribution in [0.3, 0.4) is 0 Å². The van der Waals surface area contributed by atoms with Crippen molar-refractivity contribution in [1.29, 1.82) is 0 Å². The Bertz CT molecular complexity index is 710. The molecule has 0 bridgehead atoms. The van der Waals surface area contributed by atoms with Gasteiger partial charge in [0, 0.05) is 39.4 Å². The molecule has 3 rings (SSSR count). The van der Waals surface area contributed by atoms with Gasteiger partial charge >= 0.3 is 0 Å². The van der Waals surface area contributed by atoms with Crippen LogP contribution in [-0.2, 0) is 11.8 Å². The number of anilines is 1. The van der Waals surface area contributed by atoms with Crippen LogP contribution in [0.15, 0.2) is 12.3 Å². The van der Waals surface area contributed by atoms with E-state index in [1.807, 2.05) is 30.9 Å². The van der Waals surface area contributed by atoms with E-state index in [-0.39, 0.29) is 11.8 Å². The quantitative estimate of drug-likeness (QED) is 0.861. The molecule has 23 heavy (non-hydrogen) atoms. The van der Waals surface area contributed by atoms with E-state index in [1.54, 1.807) is 0 Å². The van der Waals surface area contributed by atoms with Crippen LogP contribution in [-0.4, -0.2) is 46.9 Å². The molecule has 1 aliphatic heterocycles. The molecule has 0 aromatic carbocycles. The fourth-order valence-electron chi connectivity index (χ4n) is 3.37. The molecule has 7 nitrogen and oxygen atoms in total. The molecule has 7 heteroatoms. The van der Waals surface area contributed by atoms with Gasteiger partial charge in [-0.05, 0) is 25.8 Å². The molecular weight excluding hydrogens is 292 g/mol. The van der Waals surface area contributed by atoms with E-state index >= 15 is 0 Å². The van der Waals surface area contributed by atoms with Gasteiger partial charge in [0.05, 0.1) is 22.7 Å². The van der Waals surface area contributed by atoms with Crippen LogP contribution in [0.25, 0.3) is 11.0 Å². The Kier molecular flexibility index (Phi) is 4.47. The number of rotatable bonds is 4. The van der Waals surface area contributed by atoms with Crippen LogP contribution >= 0.6 is 0 Å². The maximum Gasteiger partial charge on any atom is 0.224 e. The molecule has 0 aliphatic carbocycles. The molecule has 1 fully saturated rings. The summed E-state index contributed by atoms with van der Waals surface area (Å²) in [6, 6.07) is 2.02. The molecule has 2 aromatic heterocycles. The number of aryl methyl sites for hydroxylation is 2. The molecule has 1 atom stereocenters. The highest BCUT2D eigenvalue weighted by Gasteiger charge is 2.27. The smallest absolute Gasteiger partial charge is 0.224 e. The summed E-state index contributed by atoms with van der Waals surface area (Å²) in [4.78, 5) is 19.0. The van der Waals surface area contributed by atoms with Gasteiger partial charge in [-0.1, -0.05) is 0 Å². The van der Waals surface area contributed by atoms with Crippen molar-refractivity contribution < 1.29 is 4.79 Å². The summed E-state index contributed by atoms with van der Waals surface area (Å²) < 4.78 is 1.81. The second kappa shape index (κ2) is 6.54. The number of nitrogens with zero attached hydrogens (tertiary/aromatic N) is 4. The van der Waals surface area contributed by atoms with Crippen molar-refractivity contribution in [2.75, 3.05) is 31.1 Å². The average Bonchev–Trinajstić information content (AvgIpc) is 2.87. The lowest BCUT2D eigenvalue weighted by molar-refractivity contribution is -0.125. The highest BCUT2D eigenvalue weighted by molar-refractivity contribution is 5.92. The first-order valence-electron chi connectivity index (χ1n) is 8.13. The van der Waals surface area contributed by atoms with Gasteiger partial charge < -0.3 is 16.0 Å². The second-order valence-electron chi connectivity index (χ2n) is 6.10. The number of fused-ring (bicyclic) bond motifs is 1. The second-order valence-corrected chi connectivity index (χ2v) is 6.10. The third-order valence-electron chi connectivity index (χ3n) is 4.45. The molecule has 1 amide bonds. The van der Waals surface area contributed by atoms with E-state index in [4.69, 9.17) is 5.73 Å². The molecule has 3 N–H and O–H groups in total. The van der Waals surface area contributed by atoms with Gasteiger partial charge in [0.1, 0.15) is 0 Å². The number of hydrogen-bond donors (Lipinski definition) is 2. The summed E-state index contributed by atoms with van der Waals surface area (Å²) in [5.41, 5.74) is 8.44. The number of nitrogens with one attached hydrogen (secondary N) is 1. The van der Waals surface area contributed by atoms with Gasteiger partial charge in [0.25, 0.3) is 0 Å². The van der Waals surface area contributed by atoms with Crippen molar-refractivity contribution in [2.45, 2.75) is 19.8 Å². The molecule has 0 spiro atoms. The first-order chi connectivity index (χ1) is 11.1. The Morgan fingerprint density at radius 2 is 2.35 bits per heavy atom. The first kappa shape index (κ1) is 15.7. The summed E-state index contributed by atoms with van der Waals surface area (Å²) in [6.45, 7) is 4.69. The van der Waals surface area contributed by atoms with Gasteiger partial charge in [0.2, 0.25) is 5.91 Å². The Balaban J connectivity index is 1.86. The molecule has 2 aromatic rings. The molecule has 0 saturated carbocycles. The van der Waals surface area contributed by atoms with Crippen LogP contribution < -0.4 is 16.0 Å². The summed E-state index contributed by atoms with van der Waals surface area (Å²) in [6.07, 6.45) is 3.74. The first-order valence-corrected chi connectivity index (χ1v) is 8.13. The third kappa shape index (κ3) is 3.01. The van der Waals surface area contributed by atoms with E-state index in [0.29, 0.717) is 13.1 Å². The fourth-order valence-corrected chi connectivity index (χ4v) is 3.37. The number of aromatic nitrogens is 3. The number of pyridine rings is 1. The maximum atomic E-state index is 12.2. The predicted octanol–water partition coefficient (Wildman–Crippen LogP) is 0.568. The van der Waals surface area contributed by atoms with E-state index in [0.717, 1.165) is 48.3 Å². The molecule has 3 heterocycles. The number of piperidine rings is 1. The normalized spacial score (nSPS) is 18.4. The molecule has 1 saturated heterocycles. The van der Waals surface area contributed by atoms with Gasteiger partial charge in [-0.25, -0.2) is 4.98 Å². The molecule has 124 valence electrons. The lowest BCUT2D eigenvalue weighted by Crippen LogP contribution is -2.44.